The van der Waals surface area contributed by atoms with Crippen molar-refractivity contribution in [2.45, 2.75) is 18.8 Å². The lowest BCUT2D eigenvalue weighted by atomic mass is 9.86. The molecule has 0 N–H and O–H groups in total. The molecular formula is C79H68BrN3O13. The minimum atomic E-state index is -0.277. The second kappa shape index (κ2) is 29.8. The van der Waals surface area contributed by atoms with Crippen molar-refractivity contribution in [3.05, 3.63) is 240 Å². The molecule has 0 spiro atoms. The van der Waals surface area contributed by atoms with Gasteiger partial charge in [0.25, 0.3) is 0 Å². The summed E-state index contributed by atoms with van der Waals surface area (Å²) in [5, 5.41) is 0. The van der Waals surface area contributed by atoms with Crippen molar-refractivity contribution in [1.29, 1.82) is 0 Å². The van der Waals surface area contributed by atoms with Gasteiger partial charge in [0.1, 0.15) is 28.7 Å². The van der Waals surface area contributed by atoms with Crippen LogP contribution in [0.3, 0.4) is 0 Å². The third-order valence-corrected chi connectivity index (χ3v) is 17.2. The number of rotatable bonds is 19. The molecule has 96 heavy (non-hydrogen) atoms. The highest BCUT2D eigenvalue weighted by molar-refractivity contribution is 9.10. The van der Waals surface area contributed by atoms with Gasteiger partial charge in [-0.3, -0.25) is 9.59 Å². The Balaban J connectivity index is 0.000000138. The predicted molar refractivity (Wildman–Crippen MR) is 374 cm³/mol. The molecule has 0 amide bonds. The van der Waals surface area contributed by atoms with E-state index in [1.807, 2.05) is 189 Å². The predicted octanol–water partition coefficient (Wildman–Crippen LogP) is 17.5. The molecule has 14 rings (SSSR count). The molecule has 9 aromatic carbocycles. The third-order valence-electron chi connectivity index (χ3n) is 16.5. The van der Waals surface area contributed by atoms with Gasteiger partial charge in [0, 0.05) is 59.4 Å². The summed E-state index contributed by atoms with van der Waals surface area (Å²) in [4.78, 5) is 38.4. The minimum Gasteiger partial charge on any atom is -0.497 e. The van der Waals surface area contributed by atoms with Crippen LogP contribution in [0.2, 0.25) is 0 Å². The summed E-state index contributed by atoms with van der Waals surface area (Å²) >= 11 is 3.70. The van der Waals surface area contributed by atoms with Crippen molar-refractivity contribution in [2.75, 3.05) is 74.9 Å². The number of Topliss-reactive ketones (excluding diaryl/α,β-unsaturated/α-hetero) is 2. The minimum absolute atomic E-state index is 0.0584. The molecular weight excluding hydrogens is 1280 g/mol. The zero-order chi connectivity index (χ0) is 66.7. The number of benzene rings is 9. The van der Waals surface area contributed by atoms with Crippen molar-refractivity contribution < 1.29 is 61.7 Å². The molecule has 16 nitrogen and oxygen atoms in total. The Morgan fingerprint density at radius 3 is 1.27 bits per heavy atom. The molecule has 5 heterocycles. The lowest BCUT2D eigenvalue weighted by Gasteiger charge is -2.19. The van der Waals surface area contributed by atoms with E-state index in [0.29, 0.717) is 22.6 Å². The number of methoxy groups -OCH3 is 5. The van der Waals surface area contributed by atoms with Gasteiger partial charge in [-0.1, -0.05) is 88.7 Å². The first-order valence-corrected chi connectivity index (χ1v) is 31.6. The molecule has 0 saturated carbocycles. The number of ether oxygens (including phenoxy) is 11. The Labute approximate surface area is 565 Å². The van der Waals surface area contributed by atoms with E-state index in [9.17, 15) is 9.59 Å². The Morgan fingerprint density at radius 2 is 0.802 bits per heavy atom. The summed E-state index contributed by atoms with van der Waals surface area (Å²) in [6, 6.07) is 70.0. The number of nitrogens with zero attached hydrogens (tertiary/aromatic N) is 3. The number of pyridine rings is 2. The zero-order valence-electron chi connectivity index (χ0n) is 53.9. The molecule has 0 saturated heterocycles. The van der Waals surface area contributed by atoms with Gasteiger partial charge in [-0.15, -0.1) is 0 Å². The number of halogens is 1. The second-order valence-corrected chi connectivity index (χ2v) is 23.4. The number of hydrogen-bond donors (Lipinski definition) is 0. The fourth-order valence-electron chi connectivity index (χ4n) is 11.5. The molecule has 0 radical (unpaired) electrons. The monoisotopic (exact) mass is 1350 g/mol. The molecule has 2 aromatic heterocycles. The van der Waals surface area contributed by atoms with Gasteiger partial charge in [-0.25, -0.2) is 9.97 Å². The van der Waals surface area contributed by atoms with Gasteiger partial charge in [-0.2, -0.15) is 0 Å². The van der Waals surface area contributed by atoms with Crippen molar-refractivity contribution in [3.8, 4) is 131 Å². The smallest absolute Gasteiger partial charge is 0.231 e. The Hall–Kier alpha value is -11.3. The van der Waals surface area contributed by atoms with E-state index >= 15 is 0 Å². The van der Waals surface area contributed by atoms with Crippen molar-refractivity contribution >= 4 is 33.2 Å². The van der Waals surface area contributed by atoms with Crippen LogP contribution in [-0.2, 0) is 0 Å². The summed E-state index contributed by atoms with van der Waals surface area (Å²) in [5.41, 5.74) is 14.1. The summed E-state index contributed by atoms with van der Waals surface area (Å²) < 4.78 is 61.4. The van der Waals surface area contributed by atoms with Gasteiger partial charge < -0.3 is 57.0 Å². The maximum absolute atomic E-state index is 13.2. The Bertz CT molecular complexity index is 4410. The van der Waals surface area contributed by atoms with Crippen LogP contribution in [0.1, 0.15) is 45.0 Å². The normalized spacial score (nSPS) is 12.0. The van der Waals surface area contributed by atoms with Crippen LogP contribution in [0.15, 0.2) is 223 Å². The SMILES string of the molecule is COc1ccc(-c2cc(-c3ccc4c(c3)OCO4)nc(-c3ccc4c(c3)OCO4)c2)cc1.COc1ccccc1-c1cc(-c2cc3c(cc2Br)OCO3)cc(-c2ccccc2OC)n1.COc1ccccc1C(=O)CC(CC(=O)c1ccccc1OC)c1ccc(N(C)C)cc1. The Kier molecular flexibility index (Phi) is 20.1. The number of carbonyl (C=O) groups excluding carboxylic acids is 2. The van der Waals surface area contributed by atoms with E-state index in [1.54, 1.807) is 59.8 Å². The lowest BCUT2D eigenvalue weighted by Crippen LogP contribution is -2.14. The van der Waals surface area contributed by atoms with Crippen LogP contribution >= 0.6 is 15.9 Å². The first-order valence-electron chi connectivity index (χ1n) is 30.8. The van der Waals surface area contributed by atoms with E-state index in [0.717, 1.165) is 135 Å². The van der Waals surface area contributed by atoms with Gasteiger partial charge in [0.05, 0.1) is 69.5 Å². The van der Waals surface area contributed by atoms with Gasteiger partial charge in [0.15, 0.2) is 46.1 Å². The van der Waals surface area contributed by atoms with E-state index in [1.165, 1.54) is 0 Å². The van der Waals surface area contributed by atoms with Crippen molar-refractivity contribution in [3.63, 3.8) is 0 Å². The van der Waals surface area contributed by atoms with Crippen molar-refractivity contribution in [1.82, 2.24) is 9.97 Å². The molecule has 0 unspecified atom stereocenters. The highest BCUT2D eigenvalue weighted by atomic mass is 79.9. The molecule has 3 aliphatic rings. The average molecular weight is 1350 g/mol. The molecule has 484 valence electrons. The zero-order valence-corrected chi connectivity index (χ0v) is 55.5. The maximum atomic E-state index is 13.2. The first-order chi connectivity index (χ1) is 46.9. The van der Waals surface area contributed by atoms with Crippen LogP contribution in [0, 0.1) is 0 Å². The maximum Gasteiger partial charge on any atom is 0.231 e. The number of aromatic nitrogens is 2. The number of carbonyl (C=O) groups is 2. The lowest BCUT2D eigenvalue weighted by molar-refractivity contribution is 0.0941. The fraction of sp³-hybridized carbons (Fsp3) is 0.165. The topological polar surface area (TPSA) is 165 Å². The van der Waals surface area contributed by atoms with E-state index < -0.39 is 0 Å². The van der Waals surface area contributed by atoms with Crippen LogP contribution in [0.4, 0.5) is 5.69 Å². The van der Waals surface area contributed by atoms with Crippen LogP contribution in [0.25, 0.3) is 67.3 Å². The van der Waals surface area contributed by atoms with Crippen LogP contribution < -0.4 is 57.0 Å². The van der Waals surface area contributed by atoms with Gasteiger partial charge in [0.2, 0.25) is 20.4 Å². The molecule has 3 aliphatic heterocycles. The third kappa shape index (κ3) is 14.6. The number of para-hydroxylation sites is 4. The summed E-state index contributed by atoms with van der Waals surface area (Å²) in [6.45, 7) is 0.696. The number of hydrogen-bond acceptors (Lipinski definition) is 16. The van der Waals surface area contributed by atoms with Crippen molar-refractivity contribution in [2.24, 2.45) is 0 Å². The largest absolute Gasteiger partial charge is 0.497 e. The highest BCUT2D eigenvalue weighted by Gasteiger charge is 2.26. The molecule has 0 bridgehead atoms. The van der Waals surface area contributed by atoms with Crippen LogP contribution in [-0.4, -0.2) is 91.6 Å². The summed E-state index contributed by atoms with van der Waals surface area (Å²) in [6.07, 6.45) is 0.394. The fourth-order valence-corrected chi connectivity index (χ4v) is 12.0. The number of fused-ring (bicyclic) bond motifs is 3. The standard InChI is InChI=1S/C27H29NO4.C26H20BrNO4.C26H19NO5/c1-28(2)21-15-13-19(14-16-21)20(17-24(29)22-9-5-7-11-26(22)31-3)18-25(30)23-10-6-8-12-27(23)32-4;1-29-23-9-5-3-7-17(23)21-11-16(19-13-25-26(14-20(19)27)32-15-31-25)12-22(28-21)18-8-4-6-10-24(18)30-2;1-28-20-6-2-16(3-7-20)19-10-21(17-4-8-23-25(12-17)31-14-29-23)27-22(11-19)18-5-9-24-26(13-18)32-15-30-24/h5-16,20H,17-18H2,1-4H3;3-14H,15H2,1-2H3;2-13H,14-15H2,1H3. The average Bonchev–Trinajstić information content (AvgIpc) is 1.61. The van der Waals surface area contributed by atoms with Gasteiger partial charge >= 0.3 is 0 Å². The molecule has 0 fully saturated rings. The van der Waals surface area contributed by atoms with Crippen LogP contribution in [0.5, 0.6) is 63.2 Å². The number of ketones is 2. The number of anilines is 1. The van der Waals surface area contributed by atoms with Gasteiger partial charge in [-0.05, 0) is 179 Å². The highest BCUT2D eigenvalue weighted by Crippen LogP contribution is 2.45. The van der Waals surface area contributed by atoms with E-state index in [4.69, 9.17) is 62.1 Å². The molecule has 0 atom stereocenters. The first kappa shape index (κ1) is 64.8. The summed E-state index contributed by atoms with van der Waals surface area (Å²) in [5.74, 6) is 7.40. The molecule has 11 aromatic rings. The van der Waals surface area contributed by atoms with E-state index in [-0.39, 0.29) is 50.7 Å². The Morgan fingerprint density at radius 1 is 0.396 bits per heavy atom. The second-order valence-electron chi connectivity index (χ2n) is 22.5. The van der Waals surface area contributed by atoms with E-state index in [2.05, 4.69) is 40.2 Å². The summed E-state index contributed by atoms with van der Waals surface area (Å²) in [7, 11) is 12.0. The molecule has 17 heteroatoms. The quantitative estimate of drug-likeness (QED) is 0.0702. The molecule has 0 aliphatic carbocycles.